The molecule has 1 aromatic heterocycles. The summed E-state index contributed by atoms with van der Waals surface area (Å²) in [6.07, 6.45) is 2.64. The third-order valence-electron chi connectivity index (χ3n) is 6.04. The topological polar surface area (TPSA) is 57.4 Å². The predicted octanol–water partition coefficient (Wildman–Crippen LogP) is 2.72. The molecule has 2 aliphatic rings. The first-order chi connectivity index (χ1) is 13.2. The van der Waals surface area contributed by atoms with E-state index in [1.54, 1.807) is 0 Å². The van der Waals surface area contributed by atoms with Crippen LogP contribution in [0.4, 0.5) is 0 Å². The molecular weight excluding hydrogens is 338 g/mol. The van der Waals surface area contributed by atoms with Gasteiger partial charge < -0.3 is 14.7 Å². The minimum Gasteiger partial charge on any atom is -0.337 e. The van der Waals surface area contributed by atoms with Gasteiger partial charge in [-0.05, 0) is 45.7 Å². The van der Waals surface area contributed by atoms with Crippen LogP contribution in [0.5, 0.6) is 0 Å². The van der Waals surface area contributed by atoms with Crippen LogP contribution >= 0.6 is 0 Å². The highest BCUT2D eigenvalue weighted by atomic mass is 16.5. The van der Waals surface area contributed by atoms with E-state index in [1.807, 2.05) is 12.1 Å². The standard InChI is InChI=1S/C21H31N5O/c1-16-3-5-19(6-4-16)20-23-21(27-24-20)17(2)26-13-11-25(12-14-26)15-18-7-9-22-10-8-18/h3-6,17-18,22H,7-15H2,1-2H3. The fourth-order valence-electron chi connectivity index (χ4n) is 4.14. The summed E-state index contributed by atoms with van der Waals surface area (Å²) < 4.78 is 5.59. The monoisotopic (exact) mass is 369 g/mol. The lowest BCUT2D eigenvalue weighted by Crippen LogP contribution is -2.49. The maximum Gasteiger partial charge on any atom is 0.244 e. The highest BCUT2D eigenvalue weighted by Crippen LogP contribution is 2.24. The van der Waals surface area contributed by atoms with Gasteiger partial charge in [-0.25, -0.2) is 0 Å². The molecule has 4 rings (SSSR count). The van der Waals surface area contributed by atoms with Gasteiger partial charge in [0.15, 0.2) is 0 Å². The van der Waals surface area contributed by atoms with Gasteiger partial charge in [0, 0.05) is 38.3 Å². The molecule has 1 aromatic carbocycles. The Morgan fingerprint density at radius 3 is 2.52 bits per heavy atom. The lowest BCUT2D eigenvalue weighted by molar-refractivity contribution is 0.0757. The van der Waals surface area contributed by atoms with Crippen molar-refractivity contribution in [2.45, 2.75) is 32.7 Å². The average Bonchev–Trinajstić information content (AvgIpc) is 3.20. The Bertz CT molecular complexity index is 714. The minimum absolute atomic E-state index is 0.165. The third-order valence-corrected chi connectivity index (χ3v) is 6.04. The van der Waals surface area contributed by atoms with Gasteiger partial charge in [0.05, 0.1) is 6.04 Å². The number of hydrogen-bond donors (Lipinski definition) is 1. The van der Waals surface area contributed by atoms with E-state index in [0.717, 1.165) is 43.6 Å². The van der Waals surface area contributed by atoms with Crippen LogP contribution in [0.25, 0.3) is 11.4 Å². The third kappa shape index (κ3) is 4.57. The molecule has 3 heterocycles. The van der Waals surface area contributed by atoms with E-state index in [4.69, 9.17) is 4.52 Å². The molecule has 1 atom stereocenters. The summed E-state index contributed by atoms with van der Waals surface area (Å²) in [5.41, 5.74) is 2.24. The zero-order valence-corrected chi connectivity index (χ0v) is 16.5. The van der Waals surface area contributed by atoms with Gasteiger partial charge in [-0.1, -0.05) is 35.0 Å². The van der Waals surface area contributed by atoms with Crippen molar-refractivity contribution in [3.05, 3.63) is 35.7 Å². The predicted molar refractivity (Wildman–Crippen MR) is 106 cm³/mol. The highest BCUT2D eigenvalue weighted by molar-refractivity contribution is 5.54. The van der Waals surface area contributed by atoms with Gasteiger partial charge >= 0.3 is 0 Å². The van der Waals surface area contributed by atoms with Crippen LogP contribution in [-0.2, 0) is 0 Å². The maximum atomic E-state index is 5.59. The molecule has 1 N–H and O–H groups in total. The van der Waals surface area contributed by atoms with Crippen molar-refractivity contribution < 1.29 is 4.52 Å². The van der Waals surface area contributed by atoms with Gasteiger partial charge in [0.1, 0.15) is 0 Å². The van der Waals surface area contributed by atoms with Crippen LogP contribution in [0.15, 0.2) is 28.8 Å². The summed E-state index contributed by atoms with van der Waals surface area (Å²) in [6.45, 7) is 12.3. The Morgan fingerprint density at radius 1 is 1.11 bits per heavy atom. The number of nitrogens with one attached hydrogen (secondary N) is 1. The summed E-state index contributed by atoms with van der Waals surface area (Å²) in [4.78, 5) is 9.75. The van der Waals surface area contributed by atoms with Gasteiger partial charge in [-0.15, -0.1) is 0 Å². The van der Waals surface area contributed by atoms with Crippen molar-refractivity contribution in [3.63, 3.8) is 0 Å². The Labute approximate surface area is 161 Å². The molecule has 1 unspecified atom stereocenters. The molecule has 146 valence electrons. The zero-order valence-electron chi connectivity index (χ0n) is 16.5. The van der Waals surface area contributed by atoms with Crippen molar-refractivity contribution in [2.75, 3.05) is 45.8 Å². The van der Waals surface area contributed by atoms with E-state index in [-0.39, 0.29) is 6.04 Å². The van der Waals surface area contributed by atoms with Crippen LogP contribution in [0.2, 0.25) is 0 Å². The van der Waals surface area contributed by atoms with E-state index >= 15 is 0 Å². The van der Waals surface area contributed by atoms with E-state index in [1.165, 1.54) is 38.0 Å². The molecule has 0 amide bonds. The number of hydrogen-bond acceptors (Lipinski definition) is 6. The molecule has 2 aromatic rings. The van der Waals surface area contributed by atoms with E-state index < -0.39 is 0 Å². The van der Waals surface area contributed by atoms with Crippen LogP contribution in [-0.4, -0.2) is 65.8 Å². The lowest BCUT2D eigenvalue weighted by Gasteiger charge is -2.38. The summed E-state index contributed by atoms with van der Waals surface area (Å²) >= 11 is 0. The largest absolute Gasteiger partial charge is 0.337 e. The number of aryl methyl sites for hydroxylation is 1. The quantitative estimate of drug-likeness (QED) is 0.875. The van der Waals surface area contributed by atoms with Crippen molar-refractivity contribution >= 4 is 0 Å². The van der Waals surface area contributed by atoms with Crippen molar-refractivity contribution in [1.82, 2.24) is 25.3 Å². The highest BCUT2D eigenvalue weighted by Gasteiger charge is 2.27. The van der Waals surface area contributed by atoms with E-state index in [9.17, 15) is 0 Å². The lowest BCUT2D eigenvalue weighted by atomic mass is 9.97. The second-order valence-electron chi connectivity index (χ2n) is 8.03. The van der Waals surface area contributed by atoms with Crippen molar-refractivity contribution in [2.24, 2.45) is 5.92 Å². The fourth-order valence-corrected chi connectivity index (χ4v) is 4.14. The molecule has 6 nitrogen and oxygen atoms in total. The van der Waals surface area contributed by atoms with E-state index in [0.29, 0.717) is 5.82 Å². The number of benzene rings is 1. The maximum absolute atomic E-state index is 5.59. The molecule has 0 aliphatic carbocycles. The molecular formula is C21H31N5O. The molecule has 6 heteroatoms. The first kappa shape index (κ1) is 18.6. The average molecular weight is 370 g/mol. The van der Waals surface area contributed by atoms with Crippen LogP contribution < -0.4 is 5.32 Å². The molecule has 0 bridgehead atoms. The van der Waals surface area contributed by atoms with E-state index in [2.05, 4.69) is 51.2 Å². The zero-order chi connectivity index (χ0) is 18.6. The minimum atomic E-state index is 0.165. The number of nitrogens with zero attached hydrogens (tertiary/aromatic N) is 4. The number of piperazine rings is 1. The second kappa shape index (κ2) is 8.50. The molecule has 2 aliphatic heterocycles. The Balaban J connectivity index is 1.31. The van der Waals surface area contributed by atoms with Crippen molar-refractivity contribution in [3.8, 4) is 11.4 Å². The normalized spacial score (nSPS) is 21.4. The van der Waals surface area contributed by atoms with Crippen LogP contribution in [0.3, 0.4) is 0 Å². The van der Waals surface area contributed by atoms with Gasteiger partial charge in [0.2, 0.25) is 11.7 Å². The molecule has 0 radical (unpaired) electrons. The summed E-state index contributed by atoms with van der Waals surface area (Å²) in [5.74, 6) is 2.27. The first-order valence-corrected chi connectivity index (χ1v) is 10.3. The van der Waals surface area contributed by atoms with Gasteiger partial charge in [0.25, 0.3) is 0 Å². The first-order valence-electron chi connectivity index (χ1n) is 10.3. The second-order valence-corrected chi connectivity index (χ2v) is 8.03. The Hall–Kier alpha value is -1.76. The molecule has 0 spiro atoms. The summed E-state index contributed by atoms with van der Waals surface area (Å²) in [5, 5.41) is 7.65. The van der Waals surface area contributed by atoms with Crippen molar-refractivity contribution in [1.29, 1.82) is 0 Å². The molecule has 0 saturated carbocycles. The number of piperidine rings is 1. The summed E-state index contributed by atoms with van der Waals surface area (Å²) in [7, 11) is 0. The summed E-state index contributed by atoms with van der Waals surface area (Å²) in [6, 6.07) is 8.42. The smallest absolute Gasteiger partial charge is 0.244 e. The molecule has 27 heavy (non-hydrogen) atoms. The van der Waals surface area contributed by atoms with Gasteiger partial charge in [-0.3, -0.25) is 4.90 Å². The Morgan fingerprint density at radius 2 is 1.81 bits per heavy atom. The fraction of sp³-hybridized carbons (Fsp3) is 0.619. The Kier molecular flexibility index (Phi) is 5.86. The number of rotatable bonds is 5. The van der Waals surface area contributed by atoms with Gasteiger partial charge in [-0.2, -0.15) is 4.98 Å². The van der Waals surface area contributed by atoms with Crippen LogP contribution in [0, 0.1) is 12.8 Å². The SMILES string of the molecule is Cc1ccc(-c2noc(C(C)N3CCN(CC4CCNCC4)CC3)n2)cc1. The van der Waals surface area contributed by atoms with Crippen LogP contribution in [0.1, 0.15) is 37.3 Å². The molecule has 2 saturated heterocycles. The number of aromatic nitrogens is 2. The molecule has 2 fully saturated rings.